The molecule has 4 nitrogen and oxygen atoms in total. The number of aryl methyl sites for hydroxylation is 1. The van der Waals surface area contributed by atoms with Gasteiger partial charge in [-0.3, -0.25) is 4.79 Å². The molecule has 0 radical (unpaired) electrons. The molecule has 1 fully saturated rings. The molecule has 1 amide bonds. The summed E-state index contributed by atoms with van der Waals surface area (Å²) >= 11 is 0. The van der Waals surface area contributed by atoms with Crippen LogP contribution in [0.4, 0.5) is 5.69 Å². The molecule has 2 N–H and O–H groups in total. The summed E-state index contributed by atoms with van der Waals surface area (Å²) in [6.07, 6.45) is 2.58. The van der Waals surface area contributed by atoms with Gasteiger partial charge < -0.3 is 15.4 Å². The minimum Gasteiger partial charge on any atom is -0.495 e. The summed E-state index contributed by atoms with van der Waals surface area (Å²) in [6.45, 7) is 3.28. The van der Waals surface area contributed by atoms with Crippen molar-refractivity contribution in [2.24, 2.45) is 5.92 Å². The number of ether oxygens (including phenoxy) is 1. The van der Waals surface area contributed by atoms with Crippen LogP contribution in [0.15, 0.2) is 18.2 Å². The Bertz CT molecular complexity index is 433. The average molecular weight is 285 g/mol. The molecule has 0 heterocycles. The monoisotopic (exact) mass is 284 g/mol. The summed E-state index contributed by atoms with van der Waals surface area (Å²) in [4.78, 5) is 11.8. The minimum absolute atomic E-state index is 0. The van der Waals surface area contributed by atoms with Crippen LogP contribution in [0, 0.1) is 12.8 Å². The van der Waals surface area contributed by atoms with Gasteiger partial charge in [0.1, 0.15) is 5.75 Å². The molecule has 0 bridgehead atoms. The van der Waals surface area contributed by atoms with Crippen LogP contribution in [0.3, 0.4) is 0 Å². The molecule has 106 valence electrons. The molecule has 0 saturated heterocycles. The fourth-order valence-electron chi connectivity index (χ4n) is 1.83. The zero-order valence-corrected chi connectivity index (χ0v) is 12.2. The summed E-state index contributed by atoms with van der Waals surface area (Å²) in [5, 5.41) is 6.04. The molecule has 1 aliphatic carbocycles. The Balaban J connectivity index is 0.00000180. The normalized spacial score (nSPS) is 13.6. The highest BCUT2D eigenvalue weighted by molar-refractivity contribution is 5.93. The molecule has 2 rings (SSSR count). The van der Waals surface area contributed by atoms with Gasteiger partial charge in [-0.2, -0.15) is 0 Å². The van der Waals surface area contributed by atoms with E-state index in [-0.39, 0.29) is 18.3 Å². The van der Waals surface area contributed by atoms with Gasteiger partial charge in [0.05, 0.1) is 19.3 Å². The van der Waals surface area contributed by atoms with Crippen molar-refractivity contribution < 1.29 is 9.53 Å². The number of carbonyl (C=O) groups excluding carboxylic acids is 1. The molecule has 0 aliphatic heterocycles. The highest BCUT2D eigenvalue weighted by Gasteiger charge is 2.20. The van der Waals surface area contributed by atoms with E-state index in [1.54, 1.807) is 7.11 Å². The number of carbonyl (C=O) groups is 1. The van der Waals surface area contributed by atoms with Crippen LogP contribution in [-0.2, 0) is 4.79 Å². The second kappa shape index (κ2) is 7.36. The fourth-order valence-corrected chi connectivity index (χ4v) is 1.83. The number of anilines is 1. The van der Waals surface area contributed by atoms with Gasteiger partial charge in [-0.05, 0) is 49.9 Å². The Morgan fingerprint density at radius 1 is 1.42 bits per heavy atom. The Kier molecular flexibility index (Phi) is 6.12. The van der Waals surface area contributed by atoms with Crippen LogP contribution >= 0.6 is 12.4 Å². The molecular formula is C14H21ClN2O2. The molecule has 0 unspecified atom stereocenters. The molecule has 1 aliphatic rings. The SMILES string of the molecule is COc1ccc(C)cc1NC(=O)CNCC1CC1.Cl. The summed E-state index contributed by atoms with van der Waals surface area (Å²) in [5.74, 6) is 1.45. The van der Waals surface area contributed by atoms with Crippen molar-refractivity contribution in [3.8, 4) is 5.75 Å². The third kappa shape index (κ3) is 5.09. The lowest BCUT2D eigenvalue weighted by molar-refractivity contribution is -0.115. The van der Waals surface area contributed by atoms with Gasteiger partial charge in [0.15, 0.2) is 0 Å². The third-order valence-electron chi connectivity index (χ3n) is 3.04. The van der Waals surface area contributed by atoms with Gasteiger partial charge in [0.2, 0.25) is 5.91 Å². The average Bonchev–Trinajstić information content (AvgIpc) is 3.13. The quantitative estimate of drug-likeness (QED) is 0.843. The number of halogens is 1. The number of amides is 1. The van der Waals surface area contributed by atoms with E-state index < -0.39 is 0 Å². The van der Waals surface area contributed by atoms with Crippen molar-refractivity contribution in [2.75, 3.05) is 25.5 Å². The predicted octanol–water partition coefficient (Wildman–Crippen LogP) is 2.36. The maximum absolute atomic E-state index is 11.8. The van der Waals surface area contributed by atoms with Gasteiger partial charge in [-0.25, -0.2) is 0 Å². The highest BCUT2D eigenvalue weighted by Crippen LogP contribution is 2.27. The number of hydrogen-bond acceptors (Lipinski definition) is 3. The van der Waals surface area contributed by atoms with Crippen LogP contribution in [0.1, 0.15) is 18.4 Å². The lowest BCUT2D eigenvalue weighted by Crippen LogP contribution is -2.29. The number of rotatable bonds is 6. The van der Waals surface area contributed by atoms with E-state index in [9.17, 15) is 4.79 Å². The van der Waals surface area contributed by atoms with E-state index in [1.807, 2.05) is 25.1 Å². The number of hydrogen-bond donors (Lipinski definition) is 2. The fraction of sp³-hybridized carbons (Fsp3) is 0.500. The van der Waals surface area contributed by atoms with Crippen molar-refractivity contribution in [1.29, 1.82) is 0 Å². The first-order valence-electron chi connectivity index (χ1n) is 6.34. The van der Waals surface area contributed by atoms with Crippen molar-refractivity contribution >= 4 is 24.0 Å². The highest BCUT2D eigenvalue weighted by atomic mass is 35.5. The van der Waals surface area contributed by atoms with Crippen molar-refractivity contribution in [1.82, 2.24) is 5.32 Å². The second-order valence-electron chi connectivity index (χ2n) is 4.83. The topological polar surface area (TPSA) is 50.4 Å². The van der Waals surface area contributed by atoms with Gasteiger partial charge in [0, 0.05) is 0 Å². The first-order valence-corrected chi connectivity index (χ1v) is 6.34. The zero-order chi connectivity index (χ0) is 13.0. The molecular weight excluding hydrogens is 264 g/mol. The molecule has 1 saturated carbocycles. The molecule has 1 aromatic carbocycles. The lowest BCUT2D eigenvalue weighted by Gasteiger charge is -2.11. The smallest absolute Gasteiger partial charge is 0.238 e. The molecule has 0 aromatic heterocycles. The summed E-state index contributed by atoms with van der Waals surface area (Å²) in [6, 6.07) is 5.74. The first-order chi connectivity index (χ1) is 8.69. The second-order valence-corrected chi connectivity index (χ2v) is 4.83. The largest absolute Gasteiger partial charge is 0.495 e. The lowest BCUT2D eigenvalue weighted by atomic mass is 10.2. The maximum Gasteiger partial charge on any atom is 0.238 e. The Morgan fingerprint density at radius 2 is 2.16 bits per heavy atom. The van der Waals surface area contributed by atoms with Gasteiger partial charge in [-0.1, -0.05) is 6.07 Å². The third-order valence-corrected chi connectivity index (χ3v) is 3.04. The van der Waals surface area contributed by atoms with E-state index in [0.29, 0.717) is 12.3 Å². The predicted molar refractivity (Wildman–Crippen MR) is 79.2 cm³/mol. The van der Waals surface area contributed by atoms with E-state index in [1.165, 1.54) is 12.8 Å². The Labute approximate surface area is 120 Å². The van der Waals surface area contributed by atoms with Gasteiger partial charge in [-0.15, -0.1) is 12.4 Å². The van der Waals surface area contributed by atoms with Crippen LogP contribution in [-0.4, -0.2) is 26.1 Å². The van der Waals surface area contributed by atoms with E-state index >= 15 is 0 Å². The van der Waals surface area contributed by atoms with Crippen LogP contribution in [0.25, 0.3) is 0 Å². The molecule has 0 spiro atoms. The maximum atomic E-state index is 11.8. The molecule has 0 atom stereocenters. The molecule has 19 heavy (non-hydrogen) atoms. The standard InChI is InChI=1S/C14H20N2O2.ClH/c1-10-3-6-13(18-2)12(7-10)16-14(17)9-15-8-11-4-5-11;/h3,6-7,11,15H,4-5,8-9H2,1-2H3,(H,16,17);1H. The number of benzene rings is 1. The zero-order valence-electron chi connectivity index (χ0n) is 11.4. The molecule has 5 heteroatoms. The van der Waals surface area contributed by atoms with Crippen molar-refractivity contribution in [3.05, 3.63) is 23.8 Å². The summed E-state index contributed by atoms with van der Waals surface area (Å²) in [7, 11) is 1.60. The van der Waals surface area contributed by atoms with Crippen molar-refractivity contribution in [3.63, 3.8) is 0 Å². The number of methoxy groups -OCH3 is 1. The van der Waals surface area contributed by atoms with Gasteiger partial charge in [0.25, 0.3) is 0 Å². The summed E-state index contributed by atoms with van der Waals surface area (Å²) in [5.41, 5.74) is 1.83. The van der Waals surface area contributed by atoms with Crippen LogP contribution in [0.2, 0.25) is 0 Å². The van der Waals surface area contributed by atoms with E-state index in [0.717, 1.165) is 23.7 Å². The Hall–Kier alpha value is -1.26. The van der Waals surface area contributed by atoms with Gasteiger partial charge >= 0.3 is 0 Å². The van der Waals surface area contributed by atoms with E-state index in [4.69, 9.17) is 4.74 Å². The number of nitrogens with one attached hydrogen (secondary N) is 2. The Morgan fingerprint density at radius 3 is 2.79 bits per heavy atom. The van der Waals surface area contributed by atoms with Crippen LogP contribution in [0.5, 0.6) is 5.75 Å². The first kappa shape index (κ1) is 15.8. The molecule has 1 aromatic rings. The minimum atomic E-state index is -0.0282. The van der Waals surface area contributed by atoms with Crippen molar-refractivity contribution in [2.45, 2.75) is 19.8 Å². The summed E-state index contributed by atoms with van der Waals surface area (Å²) < 4.78 is 5.22. The van der Waals surface area contributed by atoms with Crippen LogP contribution < -0.4 is 15.4 Å². The van der Waals surface area contributed by atoms with E-state index in [2.05, 4.69) is 10.6 Å².